The molecule has 112 valence electrons. The van der Waals surface area contributed by atoms with Crippen LogP contribution in [0.2, 0.25) is 0 Å². The highest BCUT2D eigenvalue weighted by Crippen LogP contribution is 2.48. The molecular weight excluding hydrogens is 291 g/mol. The van der Waals surface area contributed by atoms with E-state index in [0.717, 1.165) is 12.0 Å². The van der Waals surface area contributed by atoms with Gasteiger partial charge in [-0.2, -0.15) is 19.1 Å². The average molecular weight is 308 g/mol. The van der Waals surface area contributed by atoms with E-state index in [1.54, 1.807) is 13.2 Å². The summed E-state index contributed by atoms with van der Waals surface area (Å²) in [5, 5.41) is 7.92. The molecule has 21 heavy (non-hydrogen) atoms. The second-order valence-electron chi connectivity index (χ2n) is 4.31. The van der Waals surface area contributed by atoms with Crippen LogP contribution in [0.4, 0.5) is 0 Å². The number of hydrogen-bond donors (Lipinski definition) is 0. The van der Waals surface area contributed by atoms with Crippen molar-refractivity contribution in [2.75, 3.05) is 7.05 Å². The van der Waals surface area contributed by atoms with Gasteiger partial charge in [-0.3, -0.25) is 4.67 Å². The van der Waals surface area contributed by atoms with Crippen LogP contribution in [0.5, 0.6) is 0 Å². The Hall–Kier alpha value is -2.28. The van der Waals surface area contributed by atoms with Gasteiger partial charge in [-0.25, -0.2) is 19.5 Å². The van der Waals surface area contributed by atoms with Gasteiger partial charge in [-0.1, -0.05) is 12.5 Å². The molecule has 0 spiro atoms. The zero-order valence-electron chi connectivity index (χ0n) is 12.1. The van der Waals surface area contributed by atoms with Gasteiger partial charge in [-0.15, -0.1) is 0 Å². The molecule has 9 nitrogen and oxygen atoms in total. The van der Waals surface area contributed by atoms with Crippen molar-refractivity contribution in [3.63, 3.8) is 0 Å². The van der Waals surface area contributed by atoms with Crippen LogP contribution in [0.15, 0.2) is 42.1 Å². The molecule has 2 rings (SSSR count). The first kappa shape index (κ1) is 15.1. The topological polar surface area (TPSA) is 94.1 Å². The van der Waals surface area contributed by atoms with E-state index in [2.05, 4.69) is 25.2 Å². The third-order valence-electron chi connectivity index (χ3n) is 2.84. The molecule has 0 aliphatic rings. The Morgan fingerprint density at radius 1 is 1.29 bits per heavy atom. The highest BCUT2D eigenvalue weighted by atomic mass is 31.2. The van der Waals surface area contributed by atoms with Crippen molar-refractivity contribution < 1.29 is 4.57 Å². The molecule has 0 amide bonds. The van der Waals surface area contributed by atoms with E-state index in [-0.39, 0.29) is 0 Å². The summed E-state index contributed by atoms with van der Waals surface area (Å²) in [7, 11) is -1.71. The zero-order chi connectivity index (χ0) is 15.3. The number of nitrogens with zero attached hydrogens (tertiary/aromatic N) is 8. The van der Waals surface area contributed by atoms with E-state index in [4.69, 9.17) is 0 Å². The first-order valence-corrected chi connectivity index (χ1v) is 7.88. The number of allylic oxidation sites excluding steroid dienone is 1. The molecule has 0 saturated carbocycles. The minimum atomic E-state index is -3.35. The van der Waals surface area contributed by atoms with Crippen LogP contribution in [0.1, 0.15) is 20.3 Å². The Balaban J connectivity index is 2.36. The SMILES string of the molecule is CCC(C)=CN=CN(C)P(=O)(n1cncn1)n1cncn1. The van der Waals surface area contributed by atoms with E-state index in [1.807, 2.05) is 13.8 Å². The normalized spacial score (nSPS) is 13.0. The van der Waals surface area contributed by atoms with Crippen molar-refractivity contribution in [1.82, 2.24) is 33.7 Å². The number of aromatic nitrogens is 6. The maximum atomic E-state index is 13.3. The number of rotatable bonds is 6. The maximum absolute atomic E-state index is 13.3. The lowest BCUT2D eigenvalue weighted by Crippen LogP contribution is -2.23. The molecule has 0 aliphatic carbocycles. The smallest absolute Gasteiger partial charge is 0.281 e. The Morgan fingerprint density at radius 2 is 1.86 bits per heavy atom. The third-order valence-corrected chi connectivity index (χ3v) is 5.25. The van der Waals surface area contributed by atoms with E-state index in [9.17, 15) is 4.57 Å². The highest BCUT2D eigenvalue weighted by molar-refractivity contribution is 7.58. The van der Waals surface area contributed by atoms with E-state index in [1.165, 1.54) is 45.2 Å². The molecule has 0 N–H and O–H groups in total. The lowest BCUT2D eigenvalue weighted by Gasteiger charge is -2.24. The van der Waals surface area contributed by atoms with E-state index < -0.39 is 7.59 Å². The average Bonchev–Trinajstić information content (AvgIpc) is 3.18. The minimum absolute atomic E-state index is 0.908. The summed E-state index contributed by atoms with van der Waals surface area (Å²) in [6.45, 7) is 4.02. The molecule has 0 atom stereocenters. The molecule has 0 radical (unpaired) electrons. The molecule has 0 fully saturated rings. The fraction of sp³-hybridized carbons (Fsp3) is 0.364. The molecule has 10 heteroatoms. The van der Waals surface area contributed by atoms with Gasteiger partial charge in [0, 0.05) is 13.2 Å². The first-order valence-electron chi connectivity index (χ1n) is 6.32. The number of hydrogen-bond acceptors (Lipinski definition) is 6. The quantitative estimate of drug-likeness (QED) is 0.457. The van der Waals surface area contributed by atoms with E-state index in [0.29, 0.717) is 0 Å². The van der Waals surface area contributed by atoms with Crippen LogP contribution in [0.25, 0.3) is 0 Å². The standard InChI is InChI=1S/C11H17N8OP/c1-4-11(2)5-12-8-17(3)21(20,18-9-13-6-15-18)19-10-14-7-16-19/h5-10H,4H2,1-3H3. The Morgan fingerprint density at radius 3 is 2.29 bits per heavy atom. The summed E-state index contributed by atoms with van der Waals surface area (Å²) < 4.78 is 17.3. The van der Waals surface area contributed by atoms with Gasteiger partial charge < -0.3 is 0 Å². The summed E-state index contributed by atoms with van der Waals surface area (Å²) in [6, 6.07) is 0. The Bertz CT molecular complexity index is 622. The van der Waals surface area contributed by atoms with Crippen LogP contribution in [-0.4, -0.2) is 47.1 Å². The number of aliphatic imine (C=N–C) groups is 1. The van der Waals surface area contributed by atoms with Crippen LogP contribution in [0, 0.1) is 0 Å². The second kappa shape index (κ2) is 6.45. The van der Waals surface area contributed by atoms with Gasteiger partial charge in [-0.05, 0) is 13.3 Å². The van der Waals surface area contributed by atoms with Gasteiger partial charge in [0.05, 0.1) is 6.34 Å². The molecule has 0 saturated heterocycles. The van der Waals surface area contributed by atoms with Gasteiger partial charge in [0.2, 0.25) is 0 Å². The van der Waals surface area contributed by atoms with Gasteiger partial charge in [0.15, 0.2) is 0 Å². The van der Waals surface area contributed by atoms with Gasteiger partial charge >= 0.3 is 7.59 Å². The fourth-order valence-corrected chi connectivity index (χ4v) is 3.18. The molecule has 0 aliphatic heterocycles. The molecule has 0 unspecified atom stereocenters. The van der Waals surface area contributed by atoms with Crippen LogP contribution in [-0.2, 0) is 4.57 Å². The lowest BCUT2D eigenvalue weighted by molar-refractivity contribution is 0.511. The fourth-order valence-electron chi connectivity index (χ4n) is 1.47. The summed E-state index contributed by atoms with van der Waals surface area (Å²) >= 11 is 0. The van der Waals surface area contributed by atoms with Crippen molar-refractivity contribution in [3.8, 4) is 0 Å². The van der Waals surface area contributed by atoms with Crippen molar-refractivity contribution in [2.24, 2.45) is 4.99 Å². The van der Waals surface area contributed by atoms with Crippen LogP contribution in [0.3, 0.4) is 0 Å². The lowest BCUT2D eigenvalue weighted by atomic mass is 10.3. The molecule has 0 aromatic carbocycles. The second-order valence-corrected chi connectivity index (χ2v) is 6.79. The summed E-state index contributed by atoms with van der Waals surface area (Å²) in [5.74, 6) is 0. The molecule has 2 aromatic heterocycles. The molecular formula is C11H17N8OP. The van der Waals surface area contributed by atoms with E-state index >= 15 is 0 Å². The largest absolute Gasteiger partial charge is 0.402 e. The Kier molecular flexibility index (Phi) is 4.64. The van der Waals surface area contributed by atoms with Crippen molar-refractivity contribution in [2.45, 2.75) is 20.3 Å². The minimum Gasteiger partial charge on any atom is -0.281 e. The van der Waals surface area contributed by atoms with Crippen molar-refractivity contribution in [1.29, 1.82) is 0 Å². The van der Waals surface area contributed by atoms with Crippen molar-refractivity contribution in [3.05, 3.63) is 37.1 Å². The Labute approximate surface area is 122 Å². The van der Waals surface area contributed by atoms with Gasteiger partial charge in [0.25, 0.3) is 0 Å². The predicted octanol–water partition coefficient (Wildman–Crippen LogP) is 1.65. The first-order chi connectivity index (χ1) is 10.1. The van der Waals surface area contributed by atoms with Crippen LogP contribution < -0.4 is 0 Å². The molecule has 2 aromatic rings. The maximum Gasteiger partial charge on any atom is 0.402 e. The summed E-state index contributed by atoms with van der Waals surface area (Å²) in [6.07, 6.45) is 9.49. The zero-order valence-corrected chi connectivity index (χ0v) is 13.0. The van der Waals surface area contributed by atoms with Crippen molar-refractivity contribution >= 4 is 13.9 Å². The predicted molar refractivity (Wildman–Crippen MR) is 78.7 cm³/mol. The monoisotopic (exact) mass is 308 g/mol. The third kappa shape index (κ3) is 3.08. The highest BCUT2D eigenvalue weighted by Gasteiger charge is 2.33. The summed E-state index contributed by atoms with van der Waals surface area (Å²) in [4.78, 5) is 11.8. The van der Waals surface area contributed by atoms with Gasteiger partial charge in [0.1, 0.15) is 25.3 Å². The summed E-state index contributed by atoms with van der Waals surface area (Å²) in [5.41, 5.74) is 1.12. The van der Waals surface area contributed by atoms with Crippen LogP contribution >= 0.6 is 7.59 Å². The molecule has 0 bridgehead atoms. The molecule has 2 heterocycles.